The lowest BCUT2D eigenvalue weighted by molar-refractivity contribution is -0.384. The Morgan fingerprint density at radius 1 is 1.40 bits per heavy atom. The van der Waals surface area contributed by atoms with Gasteiger partial charge in [-0.3, -0.25) is 15.0 Å². The molecule has 1 aromatic rings. The van der Waals surface area contributed by atoms with E-state index in [1.807, 2.05) is 6.07 Å². The van der Waals surface area contributed by atoms with Crippen LogP contribution in [0.15, 0.2) is 22.7 Å². The molecule has 1 saturated heterocycles. The zero-order valence-electron chi connectivity index (χ0n) is 11.2. The molecule has 5 nitrogen and oxygen atoms in total. The molecule has 3 rings (SSSR count). The van der Waals surface area contributed by atoms with Crippen molar-refractivity contribution in [1.82, 2.24) is 10.2 Å². The molecular weight excluding hydrogens is 322 g/mol. The summed E-state index contributed by atoms with van der Waals surface area (Å²) >= 11 is 3.42. The molecule has 0 amide bonds. The minimum absolute atomic E-state index is 0.126. The molecule has 0 aromatic heterocycles. The normalized spacial score (nSPS) is 23.1. The number of hydrogen-bond donors (Lipinski definition) is 1. The van der Waals surface area contributed by atoms with Gasteiger partial charge in [-0.05, 0) is 30.9 Å². The first-order valence-electron chi connectivity index (χ1n) is 7.04. The van der Waals surface area contributed by atoms with Crippen LogP contribution in [0, 0.1) is 10.1 Å². The fraction of sp³-hybridized carbons (Fsp3) is 0.571. The van der Waals surface area contributed by atoms with Gasteiger partial charge in [0, 0.05) is 48.3 Å². The largest absolute Gasteiger partial charge is 0.309 e. The van der Waals surface area contributed by atoms with Gasteiger partial charge in [0.1, 0.15) is 0 Å². The molecule has 0 radical (unpaired) electrons. The van der Waals surface area contributed by atoms with Crippen molar-refractivity contribution in [1.29, 1.82) is 0 Å². The predicted molar refractivity (Wildman–Crippen MR) is 80.6 cm³/mol. The highest BCUT2D eigenvalue weighted by atomic mass is 79.9. The molecule has 1 aliphatic heterocycles. The van der Waals surface area contributed by atoms with Gasteiger partial charge in [0.25, 0.3) is 5.69 Å². The van der Waals surface area contributed by atoms with Gasteiger partial charge in [-0.15, -0.1) is 0 Å². The summed E-state index contributed by atoms with van der Waals surface area (Å²) in [5.41, 5.74) is 1.20. The highest BCUT2D eigenvalue weighted by molar-refractivity contribution is 9.10. The molecule has 1 unspecified atom stereocenters. The van der Waals surface area contributed by atoms with E-state index in [1.54, 1.807) is 12.1 Å². The third kappa shape index (κ3) is 3.19. The van der Waals surface area contributed by atoms with E-state index in [0.717, 1.165) is 29.2 Å². The lowest BCUT2D eigenvalue weighted by Gasteiger charge is -2.16. The molecule has 6 heteroatoms. The van der Waals surface area contributed by atoms with Gasteiger partial charge in [0.05, 0.1) is 4.92 Å². The molecule has 2 aliphatic rings. The monoisotopic (exact) mass is 339 g/mol. The second kappa shape index (κ2) is 5.79. The first-order chi connectivity index (χ1) is 9.63. The van der Waals surface area contributed by atoms with Crippen LogP contribution in [0.5, 0.6) is 0 Å². The summed E-state index contributed by atoms with van der Waals surface area (Å²) < 4.78 is 0.802. The number of nitrogens with one attached hydrogen (secondary N) is 1. The summed E-state index contributed by atoms with van der Waals surface area (Å²) in [5, 5.41) is 14.3. The maximum atomic E-state index is 10.7. The highest BCUT2D eigenvalue weighted by Gasteiger charge is 2.34. The third-order valence-corrected chi connectivity index (χ3v) is 4.85. The van der Waals surface area contributed by atoms with E-state index in [9.17, 15) is 10.1 Å². The molecule has 1 aliphatic carbocycles. The second-order valence-electron chi connectivity index (χ2n) is 5.63. The molecule has 1 aromatic carbocycles. The lowest BCUT2D eigenvalue weighted by Crippen LogP contribution is -2.32. The quantitative estimate of drug-likeness (QED) is 0.661. The highest BCUT2D eigenvalue weighted by Crippen LogP contribution is 2.30. The van der Waals surface area contributed by atoms with E-state index >= 15 is 0 Å². The van der Waals surface area contributed by atoms with E-state index in [4.69, 9.17) is 0 Å². The van der Waals surface area contributed by atoms with Crippen LogP contribution in [0.4, 0.5) is 5.69 Å². The third-order valence-electron chi connectivity index (χ3n) is 4.11. The Kier molecular flexibility index (Phi) is 4.05. The summed E-state index contributed by atoms with van der Waals surface area (Å²) in [6.45, 7) is 3.08. The number of non-ortho nitro benzene ring substituents is 1. The van der Waals surface area contributed by atoms with Gasteiger partial charge in [-0.2, -0.15) is 0 Å². The van der Waals surface area contributed by atoms with E-state index in [0.29, 0.717) is 6.04 Å². The van der Waals surface area contributed by atoms with Crippen molar-refractivity contribution in [2.75, 3.05) is 13.1 Å². The van der Waals surface area contributed by atoms with Crippen molar-refractivity contribution in [3.05, 3.63) is 38.3 Å². The van der Waals surface area contributed by atoms with Crippen molar-refractivity contribution in [3.63, 3.8) is 0 Å². The van der Waals surface area contributed by atoms with Crippen LogP contribution in [0.25, 0.3) is 0 Å². The number of nitro benzene ring substituents is 1. The molecule has 0 spiro atoms. The summed E-state index contributed by atoms with van der Waals surface area (Å²) in [7, 11) is 0. The van der Waals surface area contributed by atoms with Crippen molar-refractivity contribution in [2.24, 2.45) is 0 Å². The van der Waals surface area contributed by atoms with Gasteiger partial charge in [0.2, 0.25) is 0 Å². The van der Waals surface area contributed by atoms with Gasteiger partial charge >= 0.3 is 0 Å². The summed E-state index contributed by atoms with van der Waals surface area (Å²) in [4.78, 5) is 12.9. The van der Waals surface area contributed by atoms with E-state index in [2.05, 4.69) is 26.1 Å². The number of hydrogen-bond acceptors (Lipinski definition) is 4. The Balaban J connectivity index is 1.54. The van der Waals surface area contributed by atoms with Gasteiger partial charge in [-0.25, -0.2) is 0 Å². The van der Waals surface area contributed by atoms with Crippen molar-refractivity contribution >= 4 is 21.6 Å². The van der Waals surface area contributed by atoms with Crippen LogP contribution in [-0.2, 0) is 6.54 Å². The minimum Gasteiger partial charge on any atom is -0.309 e. The second-order valence-corrected chi connectivity index (χ2v) is 6.48. The Morgan fingerprint density at radius 3 is 2.85 bits per heavy atom. The Morgan fingerprint density at radius 2 is 2.20 bits per heavy atom. The zero-order chi connectivity index (χ0) is 14.1. The van der Waals surface area contributed by atoms with Crippen LogP contribution in [0.2, 0.25) is 0 Å². The molecule has 1 N–H and O–H groups in total. The smallest absolute Gasteiger partial charge is 0.270 e. The number of likely N-dealkylation sites (tertiary alicyclic amines) is 1. The molecule has 1 atom stereocenters. The predicted octanol–water partition coefficient (Wildman–Crippen LogP) is 2.68. The van der Waals surface area contributed by atoms with Crippen LogP contribution in [0.3, 0.4) is 0 Å². The maximum Gasteiger partial charge on any atom is 0.270 e. The molecule has 1 saturated carbocycles. The van der Waals surface area contributed by atoms with Gasteiger partial charge in [-0.1, -0.05) is 15.9 Å². The summed E-state index contributed by atoms with van der Waals surface area (Å²) in [5.74, 6) is 0. The van der Waals surface area contributed by atoms with Crippen molar-refractivity contribution in [2.45, 2.75) is 37.9 Å². The molecule has 108 valence electrons. The average Bonchev–Trinajstić information content (AvgIpc) is 3.17. The number of benzene rings is 1. The van der Waals surface area contributed by atoms with Crippen LogP contribution in [-0.4, -0.2) is 35.0 Å². The summed E-state index contributed by atoms with van der Waals surface area (Å²) in [6, 6.07) is 6.34. The van der Waals surface area contributed by atoms with Gasteiger partial charge in [0.15, 0.2) is 0 Å². The average molecular weight is 340 g/mol. The number of nitrogens with zero attached hydrogens (tertiary/aromatic N) is 2. The minimum atomic E-state index is -0.369. The molecular formula is C14H18BrN3O2. The lowest BCUT2D eigenvalue weighted by atomic mass is 10.2. The number of rotatable bonds is 5. The molecule has 20 heavy (non-hydrogen) atoms. The SMILES string of the molecule is O=[N+]([O-])c1ccc(CNC2CCN(C3CC3)C2)c(Br)c1. The molecule has 1 heterocycles. The molecule has 0 bridgehead atoms. The van der Waals surface area contributed by atoms with E-state index in [1.165, 1.54) is 25.8 Å². The first kappa shape index (κ1) is 14.0. The fourth-order valence-corrected chi connectivity index (χ4v) is 3.28. The Bertz CT molecular complexity index is 519. The van der Waals surface area contributed by atoms with E-state index < -0.39 is 0 Å². The number of nitro groups is 1. The Labute approximate surface area is 126 Å². The maximum absolute atomic E-state index is 10.7. The van der Waals surface area contributed by atoms with Crippen LogP contribution < -0.4 is 5.32 Å². The topological polar surface area (TPSA) is 58.4 Å². The van der Waals surface area contributed by atoms with Crippen LogP contribution >= 0.6 is 15.9 Å². The standard InChI is InChI=1S/C14H18BrN3O2/c15-14-7-13(18(19)20)2-1-10(14)8-16-11-5-6-17(9-11)12-3-4-12/h1-2,7,11-12,16H,3-6,8-9H2. The van der Waals surface area contributed by atoms with E-state index in [-0.39, 0.29) is 10.6 Å². The Hall–Kier alpha value is -0.980. The fourth-order valence-electron chi connectivity index (χ4n) is 2.77. The summed E-state index contributed by atoms with van der Waals surface area (Å²) in [6.07, 6.45) is 3.92. The van der Waals surface area contributed by atoms with Crippen molar-refractivity contribution in [3.8, 4) is 0 Å². The number of halogens is 1. The van der Waals surface area contributed by atoms with Gasteiger partial charge < -0.3 is 5.32 Å². The van der Waals surface area contributed by atoms with Crippen molar-refractivity contribution < 1.29 is 4.92 Å². The zero-order valence-corrected chi connectivity index (χ0v) is 12.8. The van der Waals surface area contributed by atoms with Crippen LogP contribution in [0.1, 0.15) is 24.8 Å². The first-order valence-corrected chi connectivity index (χ1v) is 7.83. The molecule has 2 fully saturated rings.